The van der Waals surface area contributed by atoms with Crippen molar-refractivity contribution in [1.29, 1.82) is 0 Å². The van der Waals surface area contributed by atoms with Crippen LogP contribution in [0.25, 0.3) is 0 Å². The molecule has 0 fully saturated rings. The average Bonchev–Trinajstić information content (AvgIpc) is 2.27. The molecule has 0 aromatic heterocycles. The molecule has 0 aliphatic rings. The van der Waals surface area contributed by atoms with Crippen molar-refractivity contribution in [2.24, 2.45) is 5.92 Å². The van der Waals surface area contributed by atoms with Gasteiger partial charge in [-0.1, -0.05) is 63.4 Å². The van der Waals surface area contributed by atoms with Crippen LogP contribution in [0.1, 0.15) is 45.1 Å². The van der Waals surface area contributed by atoms with E-state index in [4.69, 9.17) is 0 Å². The highest BCUT2D eigenvalue weighted by atomic mass is 16.1. The summed E-state index contributed by atoms with van der Waals surface area (Å²) >= 11 is 0. The molecule has 1 heteroatoms. The second-order valence-corrected chi connectivity index (χ2v) is 4.65. The lowest BCUT2D eigenvalue weighted by Crippen LogP contribution is -2.08. The van der Waals surface area contributed by atoms with E-state index in [0.717, 1.165) is 12.0 Å². The van der Waals surface area contributed by atoms with Crippen LogP contribution in [0.15, 0.2) is 30.3 Å². The molecule has 0 bridgehead atoms. The highest BCUT2D eigenvalue weighted by Crippen LogP contribution is 2.13. The Hall–Kier alpha value is -1.11. The molecule has 0 spiro atoms. The molecule has 88 valence electrons. The molecule has 0 radical (unpaired) electrons. The molecule has 0 heterocycles. The molecule has 16 heavy (non-hydrogen) atoms. The van der Waals surface area contributed by atoms with Crippen molar-refractivity contribution in [1.82, 2.24) is 0 Å². The van der Waals surface area contributed by atoms with Crippen molar-refractivity contribution in [2.45, 2.75) is 46.0 Å². The maximum atomic E-state index is 11.8. The fraction of sp³-hybridized carbons (Fsp3) is 0.533. The van der Waals surface area contributed by atoms with Crippen LogP contribution in [0.5, 0.6) is 0 Å². The van der Waals surface area contributed by atoms with E-state index in [9.17, 15) is 4.79 Å². The van der Waals surface area contributed by atoms with Gasteiger partial charge in [-0.25, -0.2) is 0 Å². The minimum atomic E-state index is 0.370. The summed E-state index contributed by atoms with van der Waals surface area (Å²) in [6.45, 7) is 4.37. The van der Waals surface area contributed by atoms with Gasteiger partial charge in [0.05, 0.1) is 0 Å². The standard InChI is InChI=1S/C15H22O/c1-3-4-8-13(2)11-15(16)12-14-9-6-5-7-10-14/h5-7,9-10,13H,3-4,8,11-12H2,1-2H3. The van der Waals surface area contributed by atoms with Crippen LogP contribution in [-0.2, 0) is 11.2 Å². The summed E-state index contributed by atoms with van der Waals surface area (Å²) in [5, 5.41) is 0. The van der Waals surface area contributed by atoms with Crippen LogP contribution in [-0.4, -0.2) is 5.78 Å². The van der Waals surface area contributed by atoms with Gasteiger partial charge in [0.25, 0.3) is 0 Å². The topological polar surface area (TPSA) is 17.1 Å². The quantitative estimate of drug-likeness (QED) is 0.675. The monoisotopic (exact) mass is 218 g/mol. The molecule has 0 amide bonds. The van der Waals surface area contributed by atoms with Gasteiger partial charge in [-0.2, -0.15) is 0 Å². The van der Waals surface area contributed by atoms with Gasteiger partial charge in [-0.15, -0.1) is 0 Å². The summed E-state index contributed by atoms with van der Waals surface area (Å²) in [4.78, 5) is 11.8. The maximum Gasteiger partial charge on any atom is 0.137 e. The Kier molecular flexibility index (Phi) is 5.84. The molecular weight excluding hydrogens is 196 g/mol. The summed E-state index contributed by atoms with van der Waals surface area (Å²) in [6.07, 6.45) is 4.96. The van der Waals surface area contributed by atoms with Gasteiger partial charge in [0.15, 0.2) is 0 Å². The Morgan fingerprint density at radius 3 is 2.56 bits per heavy atom. The van der Waals surface area contributed by atoms with Crippen molar-refractivity contribution >= 4 is 5.78 Å². The van der Waals surface area contributed by atoms with Crippen LogP contribution in [0.4, 0.5) is 0 Å². The van der Waals surface area contributed by atoms with E-state index in [2.05, 4.69) is 13.8 Å². The largest absolute Gasteiger partial charge is 0.299 e. The van der Waals surface area contributed by atoms with E-state index in [1.54, 1.807) is 0 Å². The van der Waals surface area contributed by atoms with Gasteiger partial charge >= 0.3 is 0 Å². The van der Waals surface area contributed by atoms with Crippen molar-refractivity contribution < 1.29 is 4.79 Å². The second-order valence-electron chi connectivity index (χ2n) is 4.65. The smallest absolute Gasteiger partial charge is 0.137 e. The van der Waals surface area contributed by atoms with E-state index < -0.39 is 0 Å². The summed E-state index contributed by atoms with van der Waals surface area (Å²) in [5.41, 5.74) is 1.13. The molecule has 0 N–H and O–H groups in total. The Balaban J connectivity index is 2.31. The average molecular weight is 218 g/mol. The third kappa shape index (κ3) is 5.11. The van der Waals surface area contributed by atoms with Gasteiger partial charge in [0, 0.05) is 12.8 Å². The molecule has 1 rings (SSSR count). The maximum absolute atomic E-state index is 11.8. The number of rotatable bonds is 7. The van der Waals surface area contributed by atoms with Crippen molar-refractivity contribution in [2.75, 3.05) is 0 Å². The molecule has 1 unspecified atom stereocenters. The molecule has 1 nitrogen and oxygen atoms in total. The fourth-order valence-electron chi connectivity index (χ4n) is 1.94. The van der Waals surface area contributed by atoms with Crippen LogP contribution in [0.3, 0.4) is 0 Å². The number of Topliss-reactive ketones (excluding diaryl/α,β-unsaturated/α-hetero) is 1. The molecule has 1 aromatic rings. The van der Waals surface area contributed by atoms with Crippen molar-refractivity contribution in [3.63, 3.8) is 0 Å². The lowest BCUT2D eigenvalue weighted by Gasteiger charge is -2.09. The molecule has 0 aliphatic heterocycles. The van der Waals surface area contributed by atoms with Crippen molar-refractivity contribution in [3.8, 4) is 0 Å². The zero-order valence-corrected chi connectivity index (χ0v) is 10.4. The van der Waals surface area contributed by atoms with Crippen LogP contribution in [0, 0.1) is 5.92 Å². The number of ketones is 1. The Bertz CT molecular complexity index is 302. The van der Waals surface area contributed by atoms with Gasteiger partial charge in [-0.3, -0.25) is 4.79 Å². The van der Waals surface area contributed by atoms with Gasteiger partial charge in [-0.05, 0) is 11.5 Å². The summed E-state index contributed by atoms with van der Waals surface area (Å²) in [7, 11) is 0. The zero-order chi connectivity index (χ0) is 11.8. The third-order valence-corrected chi connectivity index (χ3v) is 2.87. The first-order valence-corrected chi connectivity index (χ1v) is 6.28. The number of unbranched alkanes of at least 4 members (excludes halogenated alkanes) is 1. The van der Waals surface area contributed by atoms with Crippen LogP contribution < -0.4 is 0 Å². The van der Waals surface area contributed by atoms with Crippen LogP contribution in [0.2, 0.25) is 0 Å². The molecule has 1 aromatic carbocycles. The summed E-state index contributed by atoms with van der Waals surface area (Å²) < 4.78 is 0. The predicted octanol–water partition coefficient (Wildman–Crippen LogP) is 4.01. The van der Waals surface area contributed by atoms with Crippen molar-refractivity contribution in [3.05, 3.63) is 35.9 Å². The van der Waals surface area contributed by atoms with E-state index in [1.165, 1.54) is 19.3 Å². The first kappa shape index (κ1) is 13.0. The van der Waals surface area contributed by atoms with E-state index >= 15 is 0 Å². The van der Waals surface area contributed by atoms with Gasteiger partial charge in [0.2, 0.25) is 0 Å². The molecule has 1 atom stereocenters. The summed E-state index contributed by atoms with van der Waals surface area (Å²) in [5.74, 6) is 0.908. The van der Waals surface area contributed by atoms with Gasteiger partial charge < -0.3 is 0 Å². The number of carbonyl (C=O) groups is 1. The molecule has 0 saturated carbocycles. The van der Waals surface area contributed by atoms with E-state index in [0.29, 0.717) is 18.1 Å². The lowest BCUT2D eigenvalue weighted by atomic mass is 9.95. The Morgan fingerprint density at radius 1 is 1.25 bits per heavy atom. The van der Waals surface area contributed by atoms with Crippen LogP contribution >= 0.6 is 0 Å². The lowest BCUT2D eigenvalue weighted by molar-refractivity contribution is -0.119. The van der Waals surface area contributed by atoms with E-state index in [1.807, 2.05) is 30.3 Å². The summed E-state index contributed by atoms with van der Waals surface area (Å²) in [6, 6.07) is 10.0. The molecule has 0 aliphatic carbocycles. The number of carbonyl (C=O) groups excluding carboxylic acids is 1. The first-order valence-electron chi connectivity index (χ1n) is 6.28. The third-order valence-electron chi connectivity index (χ3n) is 2.87. The predicted molar refractivity (Wildman–Crippen MR) is 68.5 cm³/mol. The van der Waals surface area contributed by atoms with Gasteiger partial charge in [0.1, 0.15) is 5.78 Å². The van der Waals surface area contributed by atoms with E-state index in [-0.39, 0.29) is 0 Å². The highest BCUT2D eigenvalue weighted by Gasteiger charge is 2.09. The number of hydrogen-bond donors (Lipinski definition) is 0. The SMILES string of the molecule is CCCCC(C)CC(=O)Cc1ccccc1. The number of benzene rings is 1. The minimum Gasteiger partial charge on any atom is -0.299 e. The molecule has 0 saturated heterocycles. The normalized spacial score (nSPS) is 12.4. The Morgan fingerprint density at radius 2 is 1.94 bits per heavy atom. The second kappa shape index (κ2) is 7.21. The highest BCUT2D eigenvalue weighted by molar-refractivity contribution is 5.81. The number of hydrogen-bond acceptors (Lipinski definition) is 1. The zero-order valence-electron chi connectivity index (χ0n) is 10.4. The first-order chi connectivity index (χ1) is 7.72. The molecular formula is C15H22O. The fourth-order valence-corrected chi connectivity index (χ4v) is 1.94. The minimum absolute atomic E-state index is 0.370. The Labute approximate surface area is 98.9 Å².